The molecule has 1 saturated carbocycles. The van der Waals surface area contributed by atoms with Crippen molar-refractivity contribution in [2.75, 3.05) is 25.0 Å². The zero-order valence-electron chi connectivity index (χ0n) is 16.0. The highest BCUT2D eigenvalue weighted by atomic mass is 16.2. The number of benzene rings is 1. The number of aromatic nitrogens is 4. The highest BCUT2D eigenvalue weighted by Crippen LogP contribution is 2.46. The Morgan fingerprint density at radius 2 is 2.07 bits per heavy atom. The van der Waals surface area contributed by atoms with Gasteiger partial charge >= 0.3 is 0 Å². The molecule has 0 bridgehead atoms. The second-order valence-electron chi connectivity index (χ2n) is 7.88. The van der Waals surface area contributed by atoms with E-state index in [9.17, 15) is 4.79 Å². The number of aromatic amines is 1. The minimum Gasteiger partial charge on any atom is -0.348 e. The molecule has 2 fully saturated rings. The number of hydrogen-bond donors (Lipinski definition) is 1. The van der Waals surface area contributed by atoms with E-state index < -0.39 is 0 Å². The Kier molecular flexibility index (Phi) is 4.22. The van der Waals surface area contributed by atoms with Gasteiger partial charge in [0.05, 0.1) is 12.9 Å². The van der Waals surface area contributed by atoms with Crippen molar-refractivity contribution in [3.63, 3.8) is 0 Å². The quantitative estimate of drug-likeness (QED) is 0.757. The third kappa shape index (κ3) is 2.82. The van der Waals surface area contributed by atoms with Crippen LogP contribution in [0.1, 0.15) is 30.7 Å². The summed E-state index contributed by atoms with van der Waals surface area (Å²) in [6.45, 7) is 1.12. The van der Waals surface area contributed by atoms with Crippen LogP contribution in [-0.4, -0.2) is 56.9 Å². The lowest BCUT2D eigenvalue weighted by molar-refractivity contribution is -0.130. The zero-order chi connectivity index (χ0) is 19.1. The van der Waals surface area contributed by atoms with Crippen molar-refractivity contribution >= 4 is 22.9 Å². The highest BCUT2D eigenvalue weighted by Gasteiger charge is 2.46. The topological polar surface area (TPSA) is 78.0 Å². The molecule has 3 aromatic rings. The molecule has 1 amide bonds. The van der Waals surface area contributed by atoms with Gasteiger partial charge in [0.15, 0.2) is 11.5 Å². The molecule has 1 aliphatic carbocycles. The van der Waals surface area contributed by atoms with Crippen LogP contribution < -0.4 is 4.90 Å². The molecule has 1 saturated heterocycles. The average Bonchev–Trinajstić information content (AvgIpc) is 3.44. The smallest absolute Gasteiger partial charge is 0.242 e. The molecule has 2 aliphatic rings. The second kappa shape index (κ2) is 6.89. The van der Waals surface area contributed by atoms with Gasteiger partial charge in [-0.05, 0) is 24.3 Å². The Balaban J connectivity index is 1.36. The number of hydrogen-bond acceptors (Lipinski definition) is 5. The van der Waals surface area contributed by atoms with E-state index in [4.69, 9.17) is 0 Å². The number of carbonyl (C=O) groups is 1. The molecule has 0 radical (unpaired) electrons. The van der Waals surface area contributed by atoms with Crippen LogP contribution in [0, 0.1) is 5.92 Å². The predicted molar refractivity (Wildman–Crippen MR) is 107 cm³/mol. The van der Waals surface area contributed by atoms with Crippen molar-refractivity contribution in [1.82, 2.24) is 24.8 Å². The molecule has 1 aliphatic heterocycles. The van der Waals surface area contributed by atoms with Crippen LogP contribution in [-0.2, 0) is 4.79 Å². The number of likely N-dealkylation sites (tertiary alicyclic amines) is 1. The zero-order valence-corrected chi connectivity index (χ0v) is 16.0. The highest BCUT2D eigenvalue weighted by molar-refractivity contribution is 5.87. The van der Waals surface area contributed by atoms with Crippen LogP contribution in [0.5, 0.6) is 0 Å². The number of amides is 1. The maximum atomic E-state index is 13.2. The van der Waals surface area contributed by atoms with Gasteiger partial charge in [-0.3, -0.25) is 4.79 Å². The van der Waals surface area contributed by atoms with Gasteiger partial charge in [0.2, 0.25) is 5.91 Å². The number of imidazole rings is 1. The van der Waals surface area contributed by atoms with Gasteiger partial charge in [-0.25, -0.2) is 15.0 Å². The van der Waals surface area contributed by atoms with Crippen molar-refractivity contribution in [2.24, 2.45) is 5.92 Å². The first-order valence-electron chi connectivity index (χ1n) is 9.92. The molecule has 7 nitrogen and oxygen atoms in total. The molecule has 144 valence electrons. The van der Waals surface area contributed by atoms with Gasteiger partial charge in [0, 0.05) is 25.6 Å². The van der Waals surface area contributed by atoms with Crippen LogP contribution in [0.15, 0.2) is 43.0 Å². The molecule has 3 atom stereocenters. The summed E-state index contributed by atoms with van der Waals surface area (Å²) < 4.78 is 0. The van der Waals surface area contributed by atoms with E-state index >= 15 is 0 Å². The predicted octanol–water partition coefficient (Wildman–Crippen LogP) is 2.58. The summed E-state index contributed by atoms with van der Waals surface area (Å²) in [5, 5.41) is 0. The van der Waals surface area contributed by atoms with Crippen molar-refractivity contribution in [2.45, 2.75) is 31.2 Å². The lowest BCUT2D eigenvalue weighted by atomic mass is 9.87. The number of rotatable bonds is 4. The van der Waals surface area contributed by atoms with Gasteiger partial charge < -0.3 is 14.8 Å². The van der Waals surface area contributed by atoms with Crippen molar-refractivity contribution < 1.29 is 4.79 Å². The molecule has 7 heteroatoms. The number of nitrogens with zero attached hydrogens (tertiary/aromatic N) is 5. The molecule has 3 unspecified atom stereocenters. The number of anilines is 1. The monoisotopic (exact) mass is 376 g/mol. The van der Waals surface area contributed by atoms with E-state index in [1.807, 2.05) is 11.9 Å². The minimum absolute atomic E-state index is 0.170. The molecule has 3 heterocycles. The van der Waals surface area contributed by atoms with Crippen molar-refractivity contribution in [1.29, 1.82) is 0 Å². The summed E-state index contributed by atoms with van der Waals surface area (Å²) in [7, 11) is 1.90. The van der Waals surface area contributed by atoms with Crippen LogP contribution in [0.3, 0.4) is 0 Å². The summed E-state index contributed by atoms with van der Waals surface area (Å²) in [4.78, 5) is 33.0. The third-order valence-corrected chi connectivity index (χ3v) is 6.33. The standard InChI is InChI=1S/C21H24N6O/c1-26(21-19-20(23-12-22-19)24-13-25-21)11-18(28)27-10-16(14-6-3-2-4-7-14)15-8-5-9-17(15)27/h2-4,6-7,12-13,15-17H,5,8-11H2,1H3,(H,22,23,24,25). The Morgan fingerprint density at radius 1 is 1.21 bits per heavy atom. The number of likely N-dealkylation sites (N-methyl/N-ethyl adjacent to an activating group) is 1. The fourth-order valence-corrected chi connectivity index (χ4v) is 5.06. The number of fused-ring (bicyclic) bond motifs is 2. The van der Waals surface area contributed by atoms with Crippen LogP contribution in [0.2, 0.25) is 0 Å². The number of nitrogens with one attached hydrogen (secondary N) is 1. The van der Waals surface area contributed by atoms with Gasteiger partial charge in [0.1, 0.15) is 11.8 Å². The molecule has 28 heavy (non-hydrogen) atoms. The molecule has 2 aromatic heterocycles. The van der Waals surface area contributed by atoms with E-state index in [1.165, 1.54) is 24.7 Å². The number of H-pyrrole nitrogens is 1. The van der Waals surface area contributed by atoms with E-state index in [0.29, 0.717) is 35.9 Å². The fourth-order valence-electron chi connectivity index (χ4n) is 5.06. The van der Waals surface area contributed by atoms with Crippen molar-refractivity contribution in [3.05, 3.63) is 48.5 Å². The Hall–Kier alpha value is -2.96. The van der Waals surface area contributed by atoms with E-state index in [-0.39, 0.29) is 5.91 Å². The van der Waals surface area contributed by atoms with Gasteiger partial charge in [-0.1, -0.05) is 36.8 Å². The lowest BCUT2D eigenvalue weighted by Crippen LogP contribution is -2.42. The van der Waals surface area contributed by atoms with Crippen LogP contribution >= 0.6 is 0 Å². The molecule has 1 N–H and O–H groups in total. The normalized spacial score (nSPS) is 23.9. The summed E-state index contributed by atoms with van der Waals surface area (Å²) in [5.41, 5.74) is 2.74. The van der Waals surface area contributed by atoms with Gasteiger partial charge in [0.25, 0.3) is 0 Å². The Labute approximate surface area is 163 Å². The van der Waals surface area contributed by atoms with Gasteiger partial charge in [-0.2, -0.15) is 0 Å². The second-order valence-corrected chi connectivity index (χ2v) is 7.88. The Bertz CT molecular complexity index is 987. The minimum atomic E-state index is 0.170. The van der Waals surface area contributed by atoms with E-state index in [1.54, 1.807) is 6.33 Å². The molecule has 1 aromatic carbocycles. The molecular formula is C21H24N6O. The first-order chi connectivity index (χ1) is 13.7. The van der Waals surface area contributed by atoms with Crippen LogP contribution in [0.25, 0.3) is 11.2 Å². The Morgan fingerprint density at radius 3 is 2.93 bits per heavy atom. The average molecular weight is 376 g/mol. The molecule has 5 rings (SSSR count). The number of carbonyl (C=O) groups excluding carboxylic acids is 1. The maximum Gasteiger partial charge on any atom is 0.242 e. The van der Waals surface area contributed by atoms with Gasteiger partial charge in [-0.15, -0.1) is 0 Å². The SMILES string of the molecule is CN(CC(=O)N1CC(c2ccccc2)C2CCCC21)c1ncnc2nc[nH]c12. The summed E-state index contributed by atoms with van der Waals surface area (Å²) in [6, 6.07) is 11.0. The summed E-state index contributed by atoms with van der Waals surface area (Å²) in [5.74, 6) is 1.90. The molecule has 0 spiro atoms. The van der Waals surface area contributed by atoms with E-state index in [0.717, 1.165) is 18.5 Å². The largest absolute Gasteiger partial charge is 0.348 e. The summed E-state index contributed by atoms with van der Waals surface area (Å²) in [6.07, 6.45) is 6.63. The lowest BCUT2D eigenvalue weighted by Gasteiger charge is -2.27. The van der Waals surface area contributed by atoms with Crippen LogP contribution in [0.4, 0.5) is 5.82 Å². The maximum absolute atomic E-state index is 13.2. The first kappa shape index (κ1) is 17.2. The van der Waals surface area contributed by atoms with Crippen molar-refractivity contribution in [3.8, 4) is 0 Å². The molecular weight excluding hydrogens is 352 g/mol. The first-order valence-corrected chi connectivity index (χ1v) is 9.92. The fraction of sp³-hybridized carbons (Fsp3) is 0.429. The van der Waals surface area contributed by atoms with E-state index in [2.05, 4.69) is 55.2 Å². The summed E-state index contributed by atoms with van der Waals surface area (Å²) >= 11 is 0. The third-order valence-electron chi connectivity index (χ3n) is 6.33.